The lowest BCUT2D eigenvalue weighted by Crippen LogP contribution is -2.21. The molecule has 0 spiro atoms. The van der Waals surface area contributed by atoms with Crippen molar-refractivity contribution in [2.24, 2.45) is 5.73 Å². The molecule has 70 valence electrons. The Bertz CT molecular complexity index is 338. The van der Waals surface area contributed by atoms with Gasteiger partial charge in [0.1, 0.15) is 6.04 Å². The van der Waals surface area contributed by atoms with Crippen LogP contribution in [0, 0.1) is 6.92 Å². The molecule has 0 aliphatic heterocycles. The van der Waals surface area contributed by atoms with E-state index < -0.39 is 12.0 Å². The van der Waals surface area contributed by atoms with Gasteiger partial charge in [-0.15, -0.1) is 0 Å². The van der Waals surface area contributed by atoms with Crippen LogP contribution in [0.1, 0.15) is 17.2 Å². The molecular formula is C9H10ClNO2. The summed E-state index contributed by atoms with van der Waals surface area (Å²) >= 11 is 5.71. The van der Waals surface area contributed by atoms with E-state index in [0.717, 1.165) is 5.56 Å². The number of hydrogen-bond donors (Lipinski definition) is 2. The number of aryl methyl sites for hydroxylation is 1. The highest BCUT2D eigenvalue weighted by atomic mass is 35.5. The first-order valence-corrected chi connectivity index (χ1v) is 4.14. The van der Waals surface area contributed by atoms with Crippen LogP contribution in [0.25, 0.3) is 0 Å². The smallest absolute Gasteiger partial charge is 0.325 e. The summed E-state index contributed by atoms with van der Waals surface area (Å²) in [6, 6.07) is 3.99. The number of hydrogen-bond acceptors (Lipinski definition) is 2. The molecule has 0 unspecified atom stereocenters. The zero-order valence-corrected chi connectivity index (χ0v) is 7.88. The first-order chi connectivity index (χ1) is 6.02. The van der Waals surface area contributed by atoms with Crippen LogP contribution in [0.15, 0.2) is 18.2 Å². The summed E-state index contributed by atoms with van der Waals surface area (Å²) in [5.41, 5.74) is 6.83. The molecule has 13 heavy (non-hydrogen) atoms. The predicted octanol–water partition coefficient (Wildman–Crippen LogP) is 1.73. The zero-order chi connectivity index (χ0) is 10.0. The summed E-state index contributed by atoms with van der Waals surface area (Å²) in [6.45, 7) is 1.78. The molecule has 0 saturated heterocycles. The second-order valence-corrected chi connectivity index (χ2v) is 3.25. The average Bonchev–Trinajstić information content (AvgIpc) is 2.03. The first-order valence-electron chi connectivity index (χ1n) is 3.77. The molecule has 1 atom stereocenters. The predicted molar refractivity (Wildman–Crippen MR) is 50.8 cm³/mol. The molecule has 0 bridgehead atoms. The van der Waals surface area contributed by atoms with Crippen molar-refractivity contribution in [1.29, 1.82) is 0 Å². The van der Waals surface area contributed by atoms with Crippen LogP contribution in [0.2, 0.25) is 5.02 Å². The Morgan fingerprint density at radius 2 is 2.23 bits per heavy atom. The Balaban J connectivity index is 3.08. The van der Waals surface area contributed by atoms with Gasteiger partial charge in [-0.1, -0.05) is 17.7 Å². The lowest BCUT2D eigenvalue weighted by atomic mass is 10.0. The third-order valence-electron chi connectivity index (χ3n) is 1.83. The van der Waals surface area contributed by atoms with Crippen LogP contribution in [0.4, 0.5) is 0 Å². The lowest BCUT2D eigenvalue weighted by Gasteiger charge is -2.09. The standard InChI is InChI=1S/C9H10ClNO2/c1-5-4-6(10)2-3-7(5)8(11)9(12)13/h2-4,8H,11H2,1H3,(H,12,13)/t8-/m0/s1. The summed E-state index contributed by atoms with van der Waals surface area (Å²) in [5, 5.41) is 9.25. The van der Waals surface area contributed by atoms with Gasteiger partial charge in [0.15, 0.2) is 0 Å². The molecule has 0 radical (unpaired) electrons. The largest absolute Gasteiger partial charge is 0.480 e. The van der Waals surface area contributed by atoms with Gasteiger partial charge < -0.3 is 10.8 Å². The molecule has 3 nitrogen and oxygen atoms in total. The highest BCUT2D eigenvalue weighted by molar-refractivity contribution is 6.30. The van der Waals surface area contributed by atoms with Gasteiger partial charge >= 0.3 is 5.97 Å². The second kappa shape index (κ2) is 3.77. The number of carbonyl (C=O) groups is 1. The van der Waals surface area contributed by atoms with Crippen LogP contribution in [-0.2, 0) is 4.79 Å². The van der Waals surface area contributed by atoms with Crippen molar-refractivity contribution in [1.82, 2.24) is 0 Å². The van der Waals surface area contributed by atoms with Crippen molar-refractivity contribution in [3.8, 4) is 0 Å². The zero-order valence-electron chi connectivity index (χ0n) is 7.12. The van der Waals surface area contributed by atoms with E-state index in [-0.39, 0.29) is 0 Å². The van der Waals surface area contributed by atoms with Gasteiger partial charge in [0.2, 0.25) is 0 Å². The van der Waals surface area contributed by atoms with E-state index >= 15 is 0 Å². The topological polar surface area (TPSA) is 63.3 Å². The Kier molecular flexibility index (Phi) is 2.90. The van der Waals surface area contributed by atoms with E-state index in [9.17, 15) is 4.79 Å². The number of nitrogens with two attached hydrogens (primary N) is 1. The Hall–Kier alpha value is -1.06. The maximum absolute atomic E-state index is 10.6. The van der Waals surface area contributed by atoms with Gasteiger partial charge in [0, 0.05) is 5.02 Å². The molecule has 0 aliphatic carbocycles. The van der Waals surface area contributed by atoms with Gasteiger partial charge in [-0.2, -0.15) is 0 Å². The Morgan fingerprint density at radius 1 is 1.62 bits per heavy atom. The summed E-state index contributed by atoms with van der Waals surface area (Å²) < 4.78 is 0. The van der Waals surface area contributed by atoms with Gasteiger partial charge in [-0.25, -0.2) is 0 Å². The molecule has 4 heteroatoms. The van der Waals surface area contributed by atoms with Gasteiger partial charge in [-0.3, -0.25) is 4.79 Å². The van der Waals surface area contributed by atoms with Crippen LogP contribution >= 0.6 is 11.6 Å². The number of carboxylic acids is 1. The van der Waals surface area contributed by atoms with E-state index in [0.29, 0.717) is 10.6 Å². The SMILES string of the molecule is Cc1cc(Cl)ccc1[C@H](N)C(=O)O. The van der Waals surface area contributed by atoms with Crippen LogP contribution in [-0.4, -0.2) is 11.1 Å². The van der Waals surface area contributed by atoms with Crippen molar-refractivity contribution < 1.29 is 9.90 Å². The van der Waals surface area contributed by atoms with Crippen LogP contribution < -0.4 is 5.73 Å². The highest BCUT2D eigenvalue weighted by Crippen LogP contribution is 2.19. The molecule has 0 heterocycles. The fraction of sp³-hybridized carbons (Fsp3) is 0.222. The van der Waals surface area contributed by atoms with E-state index in [1.165, 1.54) is 0 Å². The van der Waals surface area contributed by atoms with E-state index in [1.54, 1.807) is 25.1 Å². The third kappa shape index (κ3) is 2.20. The molecule has 0 aromatic heterocycles. The number of carboxylic acid groups (broad SMARTS) is 1. The molecule has 1 aromatic carbocycles. The minimum absolute atomic E-state index is 0.582. The number of halogens is 1. The molecule has 3 N–H and O–H groups in total. The first kappa shape index (κ1) is 10.0. The minimum atomic E-state index is -1.04. The number of benzene rings is 1. The maximum atomic E-state index is 10.6. The molecule has 0 aliphatic rings. The van der Waals surface area contributed by atoms with E-state index in [1.807, 2.05) is 0 Å². The minimum Gasteiger partial charge on any atom is -0.480 e. The van der Waals surface area contributed by atoms with Crippen molar-refractivity contribution in [3.05, 3.63) is 34.3 Å². The summed E-state index contributed by atoms with van der Waals surface area (Å²) in [6.07, 6.45) is 0. The maximum Gasteiger partial charge on any atom is 0.325 e. The molecule has 0 amide bonds. The Morgan fingerprint density at radius 3 is 2.69 bits per heavy atom. The third-order valence-corrected chi connectivity index (χ3v) is 2.07. The van der Waals surface area contributed by atoms with E-state index in [4.69, 9.17) is 22.4 Å². The van der Waals surface area contributed by atoms with E-state index in [2.05, 4.69) is 0 Å². The quantitative estimate of drug-likeness (QED) is 0.763. The lowest BCUT2D eigenvalue weighted by molar-refractivity contribution is -0.138. The van der Waals surface area contributed by atoms with Crippen molar-refractivity contribution in [2.45, 2.75) is 13.0 Å². The molecule has 0 saturated carbocycles. The second-order valence-electron chi connectivity index (χ2n) is 2.82. The number of rotatable bonds is 2. The van der Waals surface area contributed by atoms with Crippen molar-refractivity contribution in [2.75, 3.05) is 0 Å². The van der Waals surface area contributed by atoms with Gasteiger partial charge in [-0.05, 0) is 30.2 Å². The highest BCUT2D eigenvalue weighted by Gasteiger charge is 2.15. The summed E-state index contributed by atoms with van der Waals surface area (Å²) in [5.74, 6) is -1.04. The Labute approximate surface area is 81.1 Å². The molecular weight excluding hydrogens is 190 g/mol. The van der Waals surface area contributed by atoms with Crippen LogP contribution in [0.5, 0.6) is 0 Å². The summed E-state index contributed by atoms with van der Waals surface area (Å²) in [7, 11) is 0. The fourth-order valence-electron chi connectivity index (χ4n) is 1.12. The molecule has 1 aromatic rings. The van der Waals surface area contributed by atoms with Crippen molar-refractivity contribution >= 4 is 17.6 Å². The van der Waals surface area contributed by atoms with Crippen molar-refractivity contribution in [3.63, 3.8) is 0 Å². The fourth-order valence-corrected chi connectivity index (χ4v) is 1.35. The molecule has 1 rings (SSSR count). The van der Waals surface area contributed by atoms with Gasteiger partial charge in [0.05, 0.1) is 0 Å². The molecule has 0 fully saturated rings. The van der Waals surface area contributed by atoms with Crippen LogP contribution in [0.3, 0.4) is 0 Å². The summed E-state index contributed by atoms with van der Waals surface area (Å²) in [4.78, 5) is 10.6. The average molecular weight is 200 g/mol. The monoisotopic (exact) mass is 199 g/mol. The normalized spacial score (nSPS) is 12.5. The van der Waals surface area contributed by atoms with Gasteiger partial charge in [0.25, 0.3) is 0 Å². The number of aliphatic carboxylic acids is 1.